The fraction of sp³-hybridized carbons (Fsp3) is 0.682. The third-order valence-electron chi connectivity index (χ3n) is 5.86. The van der Waals surface area contributed by atoms with Gasteiger partial charge in [-0.05, 0) is 57.3 Å². The monoisotopic (exact) mass is 384 g/mol. The Balaban J connectivity index is 2.05. The number of hydrogen-bond acceptors (Lipinski definition) is 5. The van der Waals surface area contributed by atoms with Crippen LogP contribution in [0.4, 0.5) is 5.82 Å². The van der Waals surface area contributed by atoms with Crippen molar-refractivity contribution in [2.24, 2.45) is 17.6 Å². The van der Waals surface area contributed by atoms with Crippen LogP contribution >= 0.6 is 0 Å². The van der Waals surface area contributed by atoms with E-state index in [-0.39, 0.29) is 6.04 Å². The fourth-order valence-corrected chi connectivity index (χ4v) is 4.17. The van der Waals surface area contributed by atoms with E-state index >= 15 is 0 Å². The highest BCUT2D eigenvalue weighted by Crippen LogP contribution is 2.32. The summed E-state index contributed by atoms with van der Waals surface area (Å²) >= 11 is 0. The first-order chi connectivity index (χ1) is 13.4. The predicted octanol–water partition coefficient (Wildman–Crippen LogP) is 4.33. The summed E-state index contributed by atoms with van der Waals surface area (Å²) in [6.07, 6.45) is 10.9. The van der Waals surface area contributed by atoms with Gasteiger partial charge in [0.15, 0.2) is 5.82 Å². The molecule has 0 aromatic carbocycles. The summed E-state index contributed by atoms with van der Waals surface area (Å²) < 4.78 is 2.27. The van der Waals surface area contributed by atoms with E-state index in [1.165, 1.54) is 18.4 Å². The highest BCUT2D eigenvalue weighted by Gasteiger charge is 2.22. The van der Waals surface area contributed by atoms with Gasteiger partial charge in [0.05, 0.1) is 11.2 Å². The Hall–Kier alpha value is -1.95. The van der Waals surface area contributed by atoms with Crippen molar-refractivity contribution in [3.8, 4) is 0 Å². The molecule has 0 amide bonds. The number of aryl methyl sites for hydroxylation is 1. The van der Waals surface area contributed by atoms with Crippen LogP contribution < -0.4 is 11.5 Å². The van der Waals surface area contributed by atoms with Crippen molar-refractivity contribution in [1.82, 2.24) is 19.7 Å². The molecule has 154 valence electrons. The van der Waals surface area contributed by atoms with E-state index in [2.05, 4.69) is 48.7 Å². The molecule has 1 unspecified atom stereocenters. The van der Waals surface area contributed by atoms with Crippen LogP contribution in [0, 0.1) is 11.8 Å². The molecule has 1 saturated carbocycles. The van der Waals surface area contributed by atoms with Gasteiger partial charge in [-0.3, -0.25) is 0 Å². The minimum absolute atomic E-state index is 0.281. The first kappa shape index (κ1) is 20.8. The number of nitrogen functional groups attached to an aromatic ring is 1. The predicted molar refractivity (Wildman–Crippen MR) is 117 cm³/mol. The summed E-state index contributed by atoms with van der Waals surface area (Å²) in [6.45, 7) is 8.75. The van der Waals surface area contributed by atoms with Gasteiger partial charge in [-0.15, -0.1) is 5.10 Å². The lowest BCUT2D eigenvalue weighted by Crippen LogP contribution is -2.28. The highest BCUT2D eigenvalue weighted by atomic mass is 15.2. The molecule has 6 nitrogen and oxygen atoms in total. The Morgan fingerprint density at radius 3 is 2.50 bits per heavy atom. The van der Waals surface area contributed by atoms with Gasteiger partial charge >= 0.3 is 0 Å². The Kier molecular flexibility index (Phi) is 6.70. The van der Waals surface area contributed by atoms with E-state index in [0.29, 0.717) is 17.7 Å². The zero-order valence-corrected chi connectivity index (χ0v) is 17.9. The fourth-order valence-electron chi connectivity index (χ4n) is 4.17. The minimum atomic E-state index is 0.281. The Morgan fingerprint density at radius 1 is 1.18 bits per heavy atom. The molecule has 1 fully saturated rings. The number of allylic oxidation sites excluding steroid dienone is 1. The third kappa shape index (κ3) is 4.54. The molecule has 0 saturated heterocycles. The standard InChI is InChI=1S/C22H36N6/c1-5-6-7-19-25-20-21(18(12-14(2)3)26-27-22(20)24)28(19)13-16-8-10-17(11-9-16)15(4)23/h13-15,17H,5-12,23H2,1-4H3,(H2,24,27). The number of aromatic nitrogens is 4. The van der Waals surface area contributed by atoms with Gasteiger partial charge in [0.2, 0.25) is 0 Å². The van der Waals surface area contributed by atoms with Crippen LogP contribution in [0.5, 0.6) is 0 Å². The average Bonchev–Trinajstić information content (AvgIpc) is 3.02. The summed E-state index contributed by atoms with van der Waals surface area (Å²) in [5, 5.41) is 8.64. The molecule has 1 aliphatic rings. The Bertz CT molecular complexity index is 823. The van der Waals surface area contributed by atoms with Crippen LogP contribution in [0.3, 0.4) is 0 Å². The lowest BCUT2D eigenvalue weighted by Gasteiger charge is -2.27. The third-order valence-corrected chi connectivity index (χ3v) is 5.86. The maximum atomic E-state index is 6.17. The molecule has 4 N–H and O–H groups in total. The van der Waals surface area contributed by atoms with E-state index in [9.17, 15) is 0 Å². The zero-order chi connectivity index (χ0) is 20.3. The van der Waals surface area contributed by atoms with Crippen molar-refractivity contribution in [3.63, 3.8) is 0 Å². The van der Waals surface area contributed by atoms with Crippen LogP contribution in [0.1, 0.15) is 77.7 Å². The van der Waals surface area contributed by atoms with Crippen molar-refractivity contribution in [2.45, 2.75) is 85.1 Å². The molecular weight excluding hydrogens is 348 g/mol. The van der Waals surface area contributed by atoms with Crippen LogP contribution in [0.15, 0.2) is 5.57 Å². The molecule has 2 aromatic rings. The lowest BCUT2D eigenvalue weighted by molar-refractivity contribution is 0.356. The van der Waals surface area contributed by atoms with Gasteiger partial charge in [0, 0.05) is 18.7 Å². The van der Waals surface area contributed by atoms with E-state index in [1.807, 2.05) is 0 Å². The van der Waals surface area contributed by atoms with Crippen molar-refractivity contribution >= 4 is 23.1 Å². The number of unbranched alkanes of at least 4 members (excludes halogenated alkanes) is 1. The van der Waals surface area contributed by atoms with Crippen molar-refractivity contribution in [3.05, 3.63) is 17.1 Å². The topological polar surface area (TPSA) is 95.6 Å². The summed E-state index contributed by atoms with van der Waals surface area (Å²) in [5.74, 6) is 2.63. The van der Waals surface area contributed by atoms with Crippen molar-refractivity contribution in [2.75, 3.05) is 5.73 Å². The normalized spacial score (nSPS) is 18.8. The molecule has 0 bridgehead atoms. The highest BCUT2D eigenvalue weighted by molar-refractivity contribution is 5.88. The van der Waals surface area contributed by atoms with Gasteiger partial charge in [0.1, 0.15) is 11.3 Å². The second-order valence-corrected chi connectivity index (χ2v) is 8.81. The number of imidazole rings is 1. The molecule has 28 heavy (non-hydrogen) atoms. The number of nitrogens with two attached hydrogens (primary N) is 2. The van der Waals surface area contributed by atoms with Crippen LogP contribution in [0.2, 0.25) is 0 Å². The SMILES string of the molecule is CCCCc1nc2c(N)nnc(CC(C)C)c2n1C=C1CCC(C(C)N)CC1. The van der Waals surface area contributed by atoms with Crippen LogP contribution in [-0.2, 0) is 12.8 Å². The Labute approximate surface area is 168 Å². The van der Waals surface area contributed by atoms with Gasteiger partial charge in [0.25, 0.3) is 0 Å². The van der Waals surface area contributed by atoms with Crippen LogP contribution in [-0.4, -0.2) is 25.8 Å². The molecule has 1 aliphatic carbocycles. The maximum absolute atomic E-state index is 6.17. The van der Waals surface area contributed by atoms with Crippen molar-refractivity contribution < 1.29 is 0 Å². The molecular formula is C22H36N6. The molecule has 0 aliphatic heterocycles. The number of rotatable bonds is 7. The minimum Gasteiger partial charge on any atom is -0.380 e. The van der Waals surface area contributed by atoms with Gasteiger partial charge in [-0.2, -0.15) is 5.10 Å². The molecule has 0 radical (unpaired) electrons. The maximum Gasteiger partial charge on any atom is 0.174 e. The average molecular weight is 385 g/mol. The van der Waals surface area contributed by atoms with Crippen molar-refractivity contribution in [1.29, 1.82) is 0 Å². The van der Waals surface area contributed by atoms with E-state index in [1.54, 1.807) is 0 Å². The summed E-state index contributed by atoms with van der Waals surface area (Å²) in [7, 11) is 0. The van der Waals surface area contributed by atoms with Gasteiger partial charge < -0.3 is 16.0 Å². The van der Waals surface area contributed by atoms with E-state index in [0.717, 1.165) is 61.1 Å². The van der Waals surface area contributed by atoms with E-state index in [4.69, 9.17) is 16.5 Å². The lowest BCUT2D eigenvalue weighted by atomic mass is 9.82. The molecule has 1 atom stereocenters. The second kappa shape index (κ2) is 9.03. The van der Waals surface area contributed by atoms with Crippen LogP contribution in [0.25, 0.3) is 17.2 Å². The first-order valence-electron chi connectivity index (χ1n) is 10.9. The van der Waals surface area contributed by atoms with Gasteiger partial charge in [-0.1, -0.05) is 32.8 Å². The molecule has 3 rings (SSSR count). The quantitative estimate of drug-likeness (QED) is 0.741. The van der Waals surface area contributed by atoms with E-state index < -0.39 is 0 Å². The second-order valence-electron chi connectivity index (χ2n) is 8.81. The summed E-state index contributed by atoms with van der Waals surface area (Å²) in [4.78, 5) is 4.90. The molecule has 2 heterocycles. The molecule has 2 aromatic heterocycles. The number of fused-ring (bicyclic) bond motifs is 1. The molecule has 6 heteroatoms. The smallest absolute Gasteiger partial charge is 0.174 e. The number of nitrogens with zero attached hydrogens (tertiary/aromatic N) is 4. The number of anilines is 1. The first-order valence-corrected chi connectivity index (χ1v) is 10.9. The number of hydrogen-bond donors (Lipinski definition) is 2. The summed E-state index contributed by atoms with van der Waals surface area (Å²) in [6, 6.07) is 0.281. The van der Waals surface area contributed by atoms with Gasteiger partial charge in [-0.25, -0.2) is 4.98 Å². The zero-order valence-electron chi connectivity index (χ0n) is 17.9. The molecule has 0 spiro atoms. The summed E-state index contributed by atoms with van der Waals surface area (Å²) in [5.41, 5.74) is 16.6. The Morgan fingerprint density at radius 2 is 1.89 bits per heavy atom. The largest absolute Gasteiger partial charge is 0.380 e.